The summed E-state index contributed by atoms with van der Waals surface area (Å²) < 4.78 is 5.84. The first kappa shape index (κ1) is 19.1. The second-order valence-corrected chi connectivity index (χ2v) is 7.42. The average molecular weight is 391 g/mol. The van der Waals surface area contributed by atoms with Gasteiger partial charge in [-0.1, -0.05) is 67.1 Å². The van der Waals surface area contributed by atoms with Gasteiger partial charge in [-0.05, 0) is 43.2 Å². The molecule has 3 nitrogen and oxygen atoms in total. The van der Waals surface area contributed by atoms with Crippen molar-refractivity contribution in [1.82, 2.24) is 4.98 Å². The van der Waals surface area contributed by atoms with Gasteiger partial charge in [-0.25, -0.2) is 4.98 Å². The van der Waals surface area contributed by atoms with Crippen LogP contribution >= 0.6 is 23.2 Å². The van der Waals surface area contributed by atoms with Gasteiger partial charge in [-0.15, -0.1) is 0 Å². The van der Waals surface area contributed by atoms with Gasteiger partial charge in [0.2, 0.25) is 0 Å². The quantitative estimate of drug-likeness (QED) is 0.546. The number of benzene rings is 1. The van der Waals surface area contributed by atoms with Gasteiger partial charge >= 0.3 is 0 Å². The summed E-state index contributed by atoms with van der Waals surface area (Å²) in [5.41, 5.74) is 0.953. The normalized spacial score (nSPS) is 15.8. The van der Waals surface area contributed by atoms with Gasteiger partial charge < -0.3 is 10.1 Å². The zero-order chi connectivity index (χ0) is 18.2. The largest absolute Gasteiger partial charge is 0.486 e. The standard InChI is InChI=1S/C21H24Cl2N2O/c22-18-10-5-11-19(23)20(18)26-15-17-9-6-13-24-21(17)25-14-12-16-7-3-1-2-4-8-16/h5-6,9-14,16H,1-4,7-8,15H2,(H,24,25)/b14-12+. The Bertz CT molecular complexity index is 720. The van der Waals surface area contributed by atoms with Gasteiger partial charge in [-0.2, -0.15) is 0 Å². The molecule has 5 heteroatoms. The number of rotatable bonds is 6. The third kappa shape index (κ3) is 5.39. The van der Waals surface area contributed by atoms with Crippen molar-refractivity contribution in [2.24, 2.45) is 5.92 Å². The maximum Gasteiger partial charge on any atom is 0.156 e. The molecule has 0 radical (unpaired) electrons. The number of aromatic nitrogens is 1. The summed E-state index contributed by atoms with van der Waals surface area (Å²) in [7, 11) is 0. The topological polar surface area (TPSA) is 34.1 Å². The highest BCUT2D eigenvalue weighted by atomic mass is 35.5. The Kier molecular flexibility index (Phi) is 7.22. The number of para-hydroxylation sites is 1. The molecule has 1 fully saturated rings. The number of nitrogens with one attached hydrogen (secondary N) is 1. The van der Waals surface area contributed by atoms with E-state index in [9.17, 15) is 0 Å². The van der Waals surface area contributed by atoms with E-state index < -0.39 is 0 Å². The first-order valence-corrected chi connectivity index (χ1v) is 9.93. The van der Waals surface area contributed by atoms with E-state index >= 15 is 0 Å². The molecule has 1 aliphatic carbocycles. The number of hydrogen-bond donors (Lipinski definition) is 1. The highest BCUT2D eigenvalue weighted by molar-refractivity contribution is 6.37. The van der Waals surface area contributed by atoms with Crippen molar-refractivity contribution in [2.45, 2.75) is 45.1 Å². The number of allylic oxidation sites excluding steroid dienone is 1. The molecule has 0 amide bonds. The molecule has 0 aliphatic heterocycles. The average Bonchev–Trinajstić information content (AvgIpc) is 2.91. The zero-order valence-corrected chi connectivity index (χ0v) is 16.3. The summed E-state index contributed by atoms with van der Waals surface area (Å²) in [5, 5.41) is 4.32. The van der Waals surface area contributed by atoms with Crippen LogP contribution in [-0.2, 0) is 6.61 Å². The molecule has 26 heavy (non-hydrogen) atoms. The lowest BCUT2D eigenvalue weighted by molar-refractivity contribution is 0.307. The minimum atomic E-state index is 0.344. The molecule has 1 saturated carbocycles. The van der Waals surface area contributed by atoms with Gasteiger partial charge in [0.05, 0.1) is 10.0 Å². The molecule has 1 heterocycles. The van der Waals surface area contributed by atoms with Crippen LogP contribution in [0.15, 0.2) is 48.8 Å². The summed E-state index contributed by atoms with van der Waals surface area (Å²) in [5.74, 6) is 1.95. The molecule has 1 aliphatic rings. The van der Waals surface area contributed by atoms with Crippen LogP contribution in [-0.4, -0.2) is 4.98 Å². The number of pyridine rings is 1. The van der Waals surface area contributed by atoms with Crippen LogP contribution < -0.4 is 10.1 Å². The SMILES string of the molecule is Clc1cccc(Cl)c1OCc1cccnc1N/C=C/C1CCCCCC1. The lowest BCUT2D eigenvalue weighted by Gasteiger charge is -2.13. The number of hydrogen-bond acceptors (Lipinski definition) is 3. The van der Waals surface area contributed by atoms with Crippen molar-refractivity contribution in [3.8, 4) is 5.75 Å². The van der Waals surface area contributed by atoms with E-state index in [2.05, 4.69) is 16.4 Å². The van der Waals surface area contributed by atoms with Crippen molar-refractivity contribution in [1.29, 1.82) is 0 Å². The van der Waals surface area contributed by atoms with Crippen LogP contribution in [0, 0.1) is 5.92 Å². The number of halogens is 2. The fourth-order valence-corrected chi connectivity index (χ4v) is 3.73. The van der Waals surface area contributed by atoms with E-state index in [1.165, 1.54) is 38.5 Å². The zero-order valence-electron chi connectivity index (χ0n) is 14.8. The summed E-state index contributed by atoms with van der Waals surface area (Å²) in [6.45, 7) is 0.344. The second-order valence-electron chi connectivity index (χ2n) is 6.61. The van der Waals surface area contributed by atoms with Crippen LogP contribution in [0.5, 0.6) is 5.75 Å². The van der Waals surface area contributed by atoms with E-state index in [0.29, 0.717) is 28.3 Å². The van der Waals surface area contributed by atoms with Crippen LogP contribution in [0.3, 0.4) is 0 Å². The molecular formula is C21H24Cl2N2O. The molecule has 138 valence electrons. The van der Waals surface area contributed by atoms with Gasteiger partial charge in [-0.3, -0.25) is 0 Å². The summed E-state index contributed by atoms with van der Waals surface area (Å²) in [6.07, 6.45) is 14.0. The lowest BCUT2D eigenvalue weighted by Crippen LogP contribution is -2.03. The predicted octanol–water partition coefficient (Wildman–Crippen LogP) is 6.86. The smallest absolute Gasteiger partial charge is 0.156 e. The molecule has 2 aromatic rings. The third-order valence-corrected chi connectivity index (χ3v) is 5.27. The fourth-order valence-electron chi connectivity index (χ4n) is 3.22. The minimum Gasteiger partial charge on any atom is -0.486 e. The molecule has 1 aromatic heterocycles. The molecular weight excluding hydrogens is 367 g/mol. The Hall–Kier alpha value is -1.71. The Balaban J connectivity index is 1.62. The summed E-state index contributed by atoms with van der Waals surface area (Å²) in [4.78, 5) is 4.43. The second kappa shape index (κ2) is 9.84. The van der Waals surface area contributed by atoms with Gasteiger partial charge in [0.15, 0.2) is 5.75 Å². The van der Waals surface area contributed by atoms with E-state index in [1.54, 1.807) is 24.4 Å². The molecule has 3 rings (SSSR count). The highest BCUT2D eigenvalue weighted by Gasteiger charge is 2.10. The fraction of sp³-hybridized carbons (Fsp3) is 0.381. The maximum absolute atomic E-state index is 6.17. The number of ether oxygens (including phenoxy) is 1. The van der Waals surface area contributed by atoms with Crippen LogP contribution in [0.4, 0.5) is 5.82 Å². The lowest BCUT2D eigenvalue weighted by atomic mass is 10.0. The van der Waals surface area contributed by atoms with E-state index in [-0.39, 0.29) is 0 Å². The number of nitrogens with zero attached hydrogens (tertiary/aromatic N) is 1. The Labute approximate surface area is 165 Å². The first-order chi connectivity index (χ1) is 12.7. The van der Waals surface area contributed by atoms with Crippen molar-refractivity contribution in [3.63, 3.8) is 0 Å². The highest BCUT2D eigenvalue weighted by Crippen LogP contribution is 2.33. The van der Waals surface area contributed by atoms with E-state index in [1.807, 2.05) is 18.3 Å². The van der Waals surface area contributed by atoms with E-state index in [0.717, 1.165) is 11.4 Å². The van der Waals surface area contributed by atoms with Crippen LogP contribution in [0.25, 0.3) is 0 Å². The maximum atomic E-state index is 6.17. The Morgan fingerprint density at radius 2 is 1.77 bits per heavy atom. The minimum absolute atomic E-state index is 0.344. The molecule has 0 atom stereocenters. The van der Waals surface area contributed by atoms with Crippen LogP contribution in [0.1, 0.15) is 44.1 Å². The molecule has 0 unspecified atom stereocenters. The van der Waals surface area contributed by atoms with Gasteiger partial charge in [0, 0.05) is 11.8 Å². The van der Waals surface area contributed by atoms with Crippen molar-refractivity contribution < 1.29 is 4.74 Å². The molecule has 0 spiro atoms. The molecule has 1 N–H and O–H groups in total. The molecule has 0 bridgehead atoms. The Morgan fingerprint density at radius 3 is 2.50 bits per heavy atom. The van der Waals surface area contributed by atoms with Crippen LogP contribution in [0.2, 0.25) is 10.0 Å². The van der Waals surface area contributed by atoms with Crippen molar-refractivity contribution in [2.75, 3.05) is 5.32 Å². The Morgan fingerprint density at radius 1 is 1.04 bits per heavy atom. The third-order valence-electron chi connectivity index (χ3n) is 4.67. The van der Waals surface area contributed by atoms with Crippen molar-refractivity contribution in [3.05, 3.63) is 64.4 Å². The monoisotopic (exact) mass is 390 g/mol. The van der Waals surface area contributed by atoms with Crippen molar-refractivity contribution >= 4 is 29.0 Å². The number of anilines is 1. The van der Waals surface area contributed by atoms with Gasteiger partial charge in [0.25, 0.3) is 0 Å². The first-order valence-electron chi connectivity index (χ1n) is 9.18. The summed E-state index contributed by atoms with van der Waals surface area (Å²) >= 11 is 12.3. The summed E-state index contributed by atoms with van der Waals surface area (Å²) in [6, 6.07) is 9.21. The van der Waals surface area contributed by atoms with Gasteiger partial charge in [0.1, 0.15) is 12.4 Å². The molecule has 0 saturated heterocycles. The molecule has 1 aromatic carbocycles. The predicted molar refractivity (Wildman–Crippen MR) is 109 cm³/mol. The van der Waals surface area contributed by atoms with E-state index in [4.69, 9.17) is 27.9 Å².